The summed E-state index contributed by atoms with van der Waals surface area (Å²) in [5.74, 6) is 0.437. The van der Waals surface area contributed by atoms with E-state index in [0.29, 0.717) is 11.3 Å². The molecule has 0 amide bonds. The molecule has 1 aliphatic rings. The number of likely N-dealkylation sites (N-methyl/N-ethyl adjacent to an activating group) is 2. The van der Waals surface area contributed by atoms with Gasteiger partial charge in [0.2, 0.25) is 16.9 Å². The Bertz CT molecular complexity index is 1170. The maximum absolute atomic E-state index is 13.0. The molecule has 33 heavy (non-hydrogen) atoms. The number of rotatable bonds is 7. The number of piperazine rings is 1. The molecule has 0 saturated carbocycles. The van der Waals surface area contributed by atoms with Crippen molar-refractivity contribution in [3.8, 4) is 28.6 Å². The molecule has 0 spiro atoms. The Morgan fingerprint density at radius 3 is 2.30 bits per heavy atom. The molecule has 1 fully saturated rings. The molecule has 0 aliphatic carbocycles. The lowest BCUT2D eigenvalue weighted by atomic mass is 10.1. The normalized spacial score (nSPS) is 15.0. The molecule has 176 valence electrons. The smallest absolute Gasteiger partial charge is 0.235 e. The van der Waals surface area contributed by atoms with Gasteiger partial charge in [-0.3, -0.25) is 9.69 Å². The molecular weight excluding hydrogens is 422 g/mol. The lowest BCUT2D eigenvalue weighted by Gasteiger charge is -2.33. The van der Waals surface area contributed by atoms with Gasteiger partial charge >= 0.3 is 0 Å². The summed E-state index contributed by atoms with van der Waals surface area (Å²) in [6.07, 6.45) is 0. The number of methoxy groups -OCH3 is 2. The molecular formula is C25H31N3O5. The van der Waals surface area contributed by atoms with Gasteiger partial charge in [-0.1, -0.05) is 0 Å². The molecule has 4 rings (SSSR count). The van der Waals surface area contributed by atoms with Gasteiger partial charge in [0.05, 0.1) is 19.6 Å². The van der Waals surface area contributed by atoms with E-state index in [9.17, 15) is 9.90 Å². The van der Waals surface area contributed by atoms with Crippen molar-refractivity contribution >= 4 is 16.7 Å². The first kappa shape index (κ1) is 22.9. The second-order valence-electron chi connectivity index (χ2n) is 8.40. The number of nitrogens with zero attached hydrogens (tertiary/aromatic N) is 3. The SMILES string of the molecule is COc1c(-c2ccc(N(C)CCN3CCN(C)CC3)cc2)oc2c(OC)c(O)ccc2c1=O. The summed E-state index contributed by atoms with van der Waals surface area (Å²) in [6, 6.07) is 10.7. The summed E-state index contributed by atoms with van der Waals surface area (Å²) < 4.78 is 16.7. The molecule has 1 aliphatic heterocycles. The van der Waals surface area contributed by atoms with Crippen LogP contribution in [-0.2, 0) is 0 Å². The zero-order valence-corrected chi connectivity index (χ0v) is 19.6. The van der Waals surface area contributed by atoms with Crippen molar-refractivity contribution in [3.63, 3.8) is 0 Å². The second-order valence-corrected chi connectivity index (χ2v) is 8.40. The van der Waals surface area contributed by atoms with Crippen molar-refractivity contribution in [2.24, 2.45) is 0 Å². The van der Waals surface area contributed by atoms with Crippen LogP contribution in [0, 0.1) is 0 Å². The third kappa shape index (κ3) is 4.62. The largest absolute Gasteiger partial charge is 0.504 e. The number of hydrogen-bond acceptors (Lipinski definition) is 8. The standard InChI is InChI=1S/C25H31N3O5/c1-26-11-14-28(15-12-26)16-13-27(2)18-7-5-17(6-8-18)22-25(32-4)21(30)19-9-10-20(29)24(31-3)23(19)33-22/h5-10,29H,11-16H2,1-4H3. The zero-order valence-electron chi connectivity index (χ0n) is 19.6. The number of aromatic hydroxyl groups is 1. The van der Waals surface area contributed by atoms with Crippen LogP contribution in [0.25, 0.3) is 22.3 Å². The van der Waals surface area contributed by atoms with Crippen molar-refractivity contribution in [1.29, 1.82) is 0 Å². The molecule has 8 nitrogen and oxygen atoms in total. The van der Waals surface area contributed by atoms with E-state index >= 15 is 0 Å². The lowest BCUT2D eigenvalue weighted by molar-refractivity contribution is 0.157. The number of phenols is 1. The minimum atomic E-state index is -0.319. The molecule has 2 heterocycles. The van der Waals surface area contributed by atoms with E-state index in [-0.39, 0.29) is 33.6 Å². The van der Waals surface area contributed by atoms with E-state index in [1.165, 1.54) is 26.4 Å². The number of ether oxygens (including phenoxy) is 2. The second kappa shape index (κ2) is 9.72. The van der Waals surface area contributed by atoms with Crippen molar-refractivity contribution in [3.05, 3.63) is 46.6 Å². The van der Waals surface area contributed by atoms with Gasteiger partial charge in [0.15, 0.2) is 17.1 Å². The summed E-state index contributed by atoms with van der Waals surface area (Å²) >= 11 is 0. The molecule has 0 atom stereocenters. The van der Waals surface area contributed by atoms with Crippen LogP contribution < -0.4 is 19.8 Å². The minimum Gasteiger partial charge on any atom is -0.504 e. The zero-order chi connectivity index (χ0) is 23.5. The van der Waals surface area contributed by atoms with Crippen molar-refractivity contribution < 1.29 is 19.0 Å². The predicted molar refractivity (Wildman–Crippen MR) is 130 cm³/mol. The lowest BCUT2D eigenvalue weighted by Crippen LogP contribution is -2.46. The Kier molecular flexibility index (Phi) is 6.76. The van der Waals surface area contributed by atoms with Crippen LogP contribution in [0.3, 0.4) is 0 Å². The molecule has 2 aromatic carbocycles. The Hall–Kier alpha value is -3.23. The van der Waals surface area contributed by atoms with E-state index in [1.807, 2.05) is 24.3 Å². The van der Waals surface area contributed by atoms with Gasteiger partial charge < -0.3 is 28.8 Å². The first-order valence-corrected chi connectivity index (χ1v) is 11.1. The number of benzene rings is 2. The minimum absolute atomic E-state index is 0.0958. The highest BCUT2D eigenvalue weighted by atomic mass is 16.5. The number of fused-ring (bicyclic) bond motifs is 1. The molecule has 1 N–H and O–H groups in total. The summed E-state index contributed by atoms with van der Waals surface area (Å²) in [5.41, 5.74) is 1.64. The van der Waals surface area contributed by atoms with Crippen LogP contribution in [0.1, 0.15) is 0 Å². The average molecular weight is 454 g/mol. The average Bonchev–Trinajstić information content (AvgIpc) is 2.83. The first-order chi connectivity index (χ1) is 15.9. The van der Waals surface area contributed by atoms with Crippen LogP contribution in [0.2, 0.25) is 0 Å². The molecule has 1 saturated heterocycles. The summed E-state index contributed by atoms with van der Waals surface area (Å²) in [7, 11) is 7.11. The maximum atomic E-state index is 13.0. The number of phenolic OH excluding ortho intramolecular Hbond substituents is 1. The monoisotopic (exact) mass is 453 g/mol. The van der Waals surface area contributed by atoms with E-state index in [4.69, 9.17) is 13.9 Å². The molecule has 0 bridgehead atoms. The van der Waals surface area contributed by atoms with E-state index in [0.717, 1.165) is 45.0 Å². The van der Waals surface area contributed by atoms with Crippen molar-refractivity contribution in [2.75, 3.05) is 72.5 Å². The van der Waals surface area contributed by atoms with Crippen LogP contribution in [0.15, 0.2) is 45.6 Å². The predicted octanol–water partition coefficient (Wildman–Crippen LogP) is 2.87. The third-order valence-electron chi connectivity index (χ3n) is 6.28. The molecule has 3 aromatic rings. The number of hydrogen-bond donors (Lipinski definition) is 1. The highest BCUT2D eigenvalue weighted by Crippen LogP contribution is 2.38. The quantitative estimate of drug-likeness (QED) is 0.585. The third-order valence-corrected chi connectivity index (χ3v) is 6.28. The van der Waals surface area contributed by atoms with Gasteiger partial charge in [0.25, 0.3) is 0 Å². The summed E-state index contributed by atoms with van der Waals surface area (Å²) in [4.78, 5) is 20.1. The fraction of sp³-hybridized carbons (Fsp3) is 0.400. The maximum Gasteiger partial charge on any atom is 0.235 e. The molecule has 8 heteroatoms. The first-order valence-electron chi connectivity index (χ1n) is 11.1. The molecule has 0 radical (unpaired) electrons. The molecule has 1 aromatic heterocycles. The van der Waals surface area contributed by atoms with Crippen LogP contribution in [-0.4, -0.2) is 82.5 Å². The topological polar surface area (TPSA) is 78.6 Å². The molecule has 0 unspecified atom stereocenters. The Labute approximate surface area is 193 Å². The van der Waals surface area contributed by atoms with Gasteiger partial charge in [-0.2, -0.15) is 0 Å². The Balaban J connectivity index is 1.59. The van der Waals surface area contributed by atoms with Gasteiger partial charge in [0.1, 0.15) is 0 Å². The van der Waals surface area contributed by atoms with Gasteiger partial charge in [-0.25, -0.2) is 0 Å². The van der Waals surface area contributed by atoms with E-state index in [2.05, 4.69) is 28.8 Å². The van der Waals surface area contributed by atoms with Crippen LogP contribution in [0.5, 0.6) is 17.2 Å². The fourth-order valence-corrected chi connectivity index (χ4v) is 4.14. The highest BCUT2D eigenvalue weighted by Gasteiger charge is 2.21. The van der Waals surface area contributed by atoms with Crippen molar-refractivity contribution in [2.45, 2.75) is 0 Å². The van der Waals surface area contributed by atoms with Crippen LogP contribution >= 0.6 is 0 Å². The summed E-state index contributed by atoms with van der Waals surface area (Å²) in [6.45, 7) is 6.36. The summed E-state index contributed by atoms with van der Waals surface area (Å²) in [5, 5.41) is 10.4. The Morgan fingerprint density at radius 2 is 1.67 bits per heavy atom. The van der Waals surface area contributed by atoms with Gasteiger partial charge in [-0.15, -0.1) is 0 Å². The van der Waals surface area contributed by atoms with E-state index in [1.54, 1.807) is 0 Å². The van der Waals surface area contributed by atoms with E-state index < -0.39 is 0 Å². The van der Waals surface area contributed by atoms with Gasteiger partial charge in [0, 0.05) is 57.6 Å². The van der Waals surface area contributed by atoms with Gasteiger partial charge in [-0.05, 0) is 43.4 Å². The Morgan fingerprint density at radius 1 is 1.00 bits per heavy atom. The number of anilines is 1. The van der Waals surface area contributed by atoms with Crippen molar-refractivity contribution in [1.82, 2.24) is 9.80 Å². The highest BCUT2D eigenvalue weighted by molar-refractivity contribution is 5.88. The fourth-order valence-electron chi connectivity index (χ4n) is 4.14. The van der Waals surface area contributed by atoms with Crippen LogP contribution in [0.4, 0.5) is 5.69 Å².